The van der Waals surface area contributed by atoms with Crippen molar-refractivity contribution in [3.8, 4) is 0 Å². The van der Waals surface area contributed by atoms with Gasteiger partial charge in [-0.3, -0.25) is 14.2 Å². The fourth-order valence-electron chi connectivity index (χ4n) is 5.00. The number of aromatic amines is 1. The van der Waals surface area contributed by atoms with E-state index in [1.165, 1.54) is 25.7 Å². The summed E-state index contributed by atoms with van der Waals surface area (Å²) in [6.45, 7) is 1.91. The second-order valence-corrected chi connectivity index (χ2v) is 8.63. The topological polar surface area (TPSA) is 67.3 Å². The molecule has 2 aromatic rings. The Labute approximate surface area is 175 Å². The van der Waals surface area contributed by atoms with E-state index >= 15 is 0 Å². The zero-order valence-electron chi connectivity index (χ0n) is 17.0. The van der Waals surface area contributed by atoms with E-state index in [0.29, 0.717) is 52.8 Å². The van der Waals surface area contributed by atoms with Gasteiger partial charge in [-0.2, -0.15) is 0 Å². The van der Waals surface area contributed by atoms with Crippen LogP contribution in [0.15, 0.2) is 23.0 Å². The van der Waals surface area contributed by atoms with Crippen LogP contribution in [-0.4, -0.2) is 46.7 Å². The largest absolute Gasteiger partial charge is 0.385 e. The standard InChI is InChI=1S/C22H29N3O3S/c1-28-13-5-12-25-21(27)17-10-9-16(14-18(17)23-22(25)29)20(26)24-11-4-7-15-6-2-3-8-19(15)24/h9-10,14-15,19H,2-8,11-13H2,1H3,(H,23,29). The van der Waals surface area contributed by atoms with Gasteiger partial charge >= 0.3 is 0 Å². The molecule has 1 saturated carbocycles. The quantitative estimate of drug-likeness (QED) is 0.594. The second-order valence-electron chi connectivity index (χ2n) is 8.25. The van der Waals surface area contributed by atoms with E-state index in [0.717, 1.165) is 19.4 Å². The number of hydrogen-bond donors (Lipinski definition) is 1. The number of benzene rings is 1. The van der Waals surface area contributed by atoms with E-state index in [-0.39, 0.29) is 11.5 Å². The summed E-state index contributed by atoms with van der Waals surface area (Å²) in [6.07, 6.45) is 7.87. The van der Waals surface area contributed by atoms with Gasteiger partial charge in [0, 0.05) is 38.4 Å². The zero-order valence-corrected chi connectivity index (χ0v) is 17.8. The molecule has 2 fully saturated rings. The first-order valence-electron chi connectivity index (χ1n) is 10.7. The average Bonchev–Trinajstić information content (AvgIpc) is 2.74. The van der Waals surface area contributed by atoms with Crippen molar-refractivity contribution < 1.29 is 9.53 Å². The molecule has 2 atom stereocenters. The number of H-pyrrole nitrogens is 1. The number of aromatic nitrogens is 2. The van der Waals surface area contributed by atoms with Gasteiger partial charge in [-0.1, -0.05) is 12.8 Å². The Morgan fingerprint density at radius 2 is 2.03 bits per heavy atom. The van der Waals surface area contributed by atoms with Crippen LogP contribution in [0.1, 0.15) is 55.3 Å². The summed E-state index contributed by atoms with van der Waals surface area (Å²) in [5.74, 6) is 0.721. The summed E-state index contributed by atoms with van der Waals surface area (Å²) < 4.78 is 7.01. The minimum atomic E-state index is -0.121. The van der Waals surface area contributed by atoms with Crippen molar-refractivity contribution in [2.45, 2.75) is 57.5 Å². The molecule has 1 aliphatic heterocycles. The van der Waals surface area contributed by atoms with E-state index in [2.05, 4.69) is 9.88 Å². The molecule has 0 bridgehead atoms. The number of hydrogen-bond acceptors (Lipinski definition) is 4. The number of fused-ring (bicyclic) bond motifs is 2. The Morgan fingerprint density at radius 1 is 1.24 bits per heavy atom. The number of nitrogens with zero attached hydrogens (tertiary/aromatic N) is 2. The molecule has 7 heteroatoms. The van der Waals surface area contributed by atoms with E-state index in [9.17, 15) is 9.59 Å². The number of carbonyl (C=O) groups is 1. The summed E-state index contributed by atoms with van der Waals surface area (Å²) >= 11 is 5.40. The van der Waals surface area contributed by atoms with Gasteiger partial charge in [-0.25, -0.2) is 0 Å². The van der Waals surface area contributed by atoms with Crippen molar-refractivity contribution in [2.75, 3.05) is 20.3 Å². The van der Waals surface area contributed by atoms with Crippen LogP contribution in [0.5, 0.6) is 0 Å². The lowest BCUT2D eigenvalue weighted by atomic mass is 9.78. The van der Waals surface area contributed by atoms with Crippen LogP contribution in [0.4, 0.5) is 0 Å². The molecule has 1 saturated heterocycles. The molecule has 1 aromatic heterocycles. The van der Waals surface area contributed by atoms with Crippen molar-refractivity contribution in [3.63, 3.8) is 0 Å². The molecule has 1 aromatic carbocycles. The monoisotopic (exact) mass is 415 g/mol. The lowest BCUT2D eigenvalue weighted by Crippen LogP contribution is -2.49. The molecule has 0 spiro atoms. The molecule has 1 N–H and O–H groups in total. The third kappa shape index (κ3) is 4.03. The maximum absolute atomic E-state index is 13.3. The van der Waals surface area contributed by atoms with Crippen molar-refractivity contribution in [1.29, 1.82) is 0 Å². The highest BCUT2D eigenvalue weighted by atomic mass is 32.1. The van der Waals surface area contributed by atoms with E-state index in [1.54, 1.807) is 29.9 Å². The van der Waals surface area contributed by atoms with E-state index in [4.69, 9.17) is 17.0 Å². The molecule has 4 rings (SSSR count). The van der Waals surface area contributed by atoms with Crippen molar-refractivity contribution in [1.82, 2.24) is 14.5 Å². The molecule has 6 nitrogen and oxygen atoms in total. The zero-order chi connectivity index (χ0) is 20.4. The third-order valence-corrected chi connectivity index (χ3v) is 6.79. The van der Waals surface area contributed by atoms with Gasteiger partial charge in [0.2, 0.25) is 0 Å². The SMILES string of the molecule is COCCCn1c(=S)[nH]c2cc(C(=O)N3CCCC4CCCCC43)ccc2c1=O. The number of ether oxygens (including phenoxy) is 1. The Bertz CT molecular complexity index is 1010. The Kier molecular flexibility index (Phi) is 6.15. The van der Waals surface area contributed by atoms with Crippen molar-refractivity contribution >= 4 is 29.0 Å². The van der Waals surface area contributed by atoms with Gasteiger partial charge in [-0.05, 0) is 68.4 Å². The molecular weight excluding hydrogens is 386 g/mol. The van der Waals surface area contributed by atoms with Gasteiger partial charge in [0.25, 0.3) is 11.5 Å². The molecule has 2 unspecified atom stereocenters. The third-order valence-electron chi connectivity index (χ3n) is 6.46. The molecular formula is C22H29N3O3S. The Hall–Kier alpha value is -1.99. The molecule has 2 heterocycles. The number of rotatable bonds is 5. The first-order valence-corrected chi connectivity index (χ1v) is 11.1. The molecule has 1 amide bonds. The fourth-order valence-corrected chi connectivity index (χ4v) is 5.28. The van der Waals surface area contributed by atoms with Crippen LogP contribution < -0.4 is 5.56 Å². The first-order chi connectivity index (χ1) is 14.1. The van der Waals surface area contributed by atoms with Gasteiger partial charge in [-0.15, -0.1) is 0 Å². The second kappa shape index (κ2) is 8.79. The summed E-state index contributed by atoms with van der Waals surface area (Å²) in [7, 11) is 1.64. The predicted octanol–water partition coefficient (Wildman–Crippen LogP) is 3.89. The smallest absolute Gasteiger partial charge is 0.262 e. The van der Waals surface area contributed by atoms with Crippen LogP contribution in [0.3, 0.4) is 0 Å². The highest BCUT2D eigenvalue weighted by Gasteiger charge is 2.36. The Morgan fingerprint density at radius 3 is 2.86 bits per heavy atom. The summed E-state index contributed by atoms with van der Waals surface area (Å²) in [5, 5.41) is 0.557. The van der Waals surface area contributed by atoms with Crippen LogP contribution in [0.25, 0.3) is 10.9 Å². The normalized spacial score (nSPS) is 21.9. The summed E-state index contributed by atoms with van der Waals surface area (Å²) in [6, 6.07) is 5.70. The highest BCUT2D eigenvalue weighted by Crippen LogP contribution is 2.36. The van der Waals surface area contributed by atoms with E-state index in [1.807, 2.05) is 0 Å². The number of amides is 1. The minimum absolute atomic E-state index is 0.0760. The minimum Gasteiger partial charge on any atom is -0.385 e. The van der Waals surface area contributed by atoms with Gasteiger partial charge in [0.1, 0.15) is 0 Å². The van der Waals surface area contributed by atoms with Gasteiger partial charge in [0.15, 0.2) is 4.77 Å². The van der Waals surface area contributed by atoms with E-state index < -0.39 is 0 Å². The fraction of sp³-hybridized carbons (Fsp3) is 0.591. The highest BCUT2D eigenvalue weighted by molar-refractivity contribution is 7.71. The lowest BCUT2D eigenvalue weighted by Gasteiger charge is -2.44. The number of piperidine rings is 1. The van der Waals surface area contributed by atoms with Crippen LogP contribution in [0.2, 0.25) is 0 Å². The van der Waals surface area contributed by atoms with Gasteiger partial charge < -0.3 is 14.6 Å². The number of likely N-dealkylation sites (tertiary alicyclic amines) is 1. The molecule has 29 heavy (non-hydrogen) atoms. The molecule has 0 radical (unpaired) electrons. The average molecular weight is 416 g/mol. The van der Waals surface area contributed by atoms with Crippen molar-refractivity contribution in [3.05, 3.63) is 38.9 Å². The predicted molar refractivity (Wildman–Crippen MR) is 116 cm³/mol. The van der Waals surface area contributed by atoms with Gasteiger partial charge in [0.05, 0.1) is 10.9 Å². The lowest BCUT2D eigenvalue weighted by molar-refractivity contribution is 0.0391. The first kappa shape index (κ1) is 20.3. The van der Waals surface area contributed by atoms with Crippen LogP contribution in [-0.2, 0) is 11.3 Å². The van der Waals surface area contributed by atoms with Crippen molar-refractivity contribution in [2.24, 2.45) is 5.92 Å². The maximum Gasteiger partial charge on any atom is 0.262 e. The number of methoxy groups -OCH3 is 1. The summed E-state index contributed by atoms with van der Waals surface area (Å²) in [4.78, 5) is 31.4. The summed E-state index contributed by atoms with van der Waals surface area (Å²) in [5.41, 5.74) is 1.14. The molecule has 2 aliphatic rings. The van der Waals surface area contributed by atoms with Crippen LogP contribution in [0, 0.1) is 10.7 Å². The number of carbonyl (C=O) groups excluding carboxylic acids is 1. The molecule has 156 valence electrons. The Balaban J connectivity index is 1.63. The number of nitrogens with one attached hydrogen (secondary N) is 1. The molecule has 1 aliphatic carbocycles. The van der Waals surface area contributed by atoms with Crippen LogP contribution >= 0.6 is 12.2 Å². The maximum atomic E-state index is 13.3.